The van der Waals surface area contributed by atoms with Gasteiger partial charge in [-0.2, -0.15) is 13.2 Å². The maximum Gasteiger partial charge on any atom is 0.397 e. The zero-order valence-corrected chi connectivity index (χ0v) is 29.6. The zero-order valence-electron chi connectivity index (χ0n) is 29.6. The van der Waals surface area contributed by atoms with E-state index in [1.807, 2.05) is 13.8 Å². The molecule has 12 nitrogen and oxygen atoms in total. The van der Waals surface area contributed by atoms with Crippen LogP contribution in [-0.4, -0.2) is 77.3 Å². The average molecular weight is 720 g/mol. The van der Waals surface area contributed by atoms with Crippen molar-refractivity contribution in [2.75, 3.05) is 6.54 Å². The summed E-state index contributed by atoms with van der Waals surface area (Å²) < 4.78 is 48.1. The van der Waals surface area contributed by atoms with Gasteiger partial charge >= 0.3 is 18.2 Å². The molecule has 1 aromatic carbocycles. The number of rotatable bonds is 13. The lowest BCUT2D eigenvalue weighted by molar-refractivity contribution is -0.202. The molecule has 1 aromatic rings. The van der Waals surface area contributed by atoms with E-state index >= 15 is 0 Å². The molecular formula is C36H48F3N5O7. The molecule has 4 aliphatic rings. The summed E-state index contributed by atoms with van der Waals surface area (Å²) >= 11 is 0. The smallest absolute Gasteiger partial charge is 0.397 e. The number of piperidine rings is 1. The van der Waals surface area contributed by atoms with Crippen LogP contribution in [-0.2, 0) is 35.3 Å². The molecule has 3 saturated carbocycles. The highest BCUT2D eigenvalue weighted by molar-refractivity contribution is 6.37. The minimum atomic E-state index is -4.83. The number of carbonyl (C=O) groups excluding carboxylic acids is 6. The molecule has 1 heterocycles. The van der Waals surface area contributed by atoms with E-state index in [0.717, 1.165) is 19.3 Å². The van der Waals surface area contributed by atoms with Crippen molar-refractivity contribution >= 4 is 35.5 Å². The number of benzene rings is 1. The van der Waals surface area contributed by atoms with Crippen LogP contribution in [0, 0.1) is 34.0 Å². The van der Waals surface area contributed by atoms with E-state index in [1.54, 1.807) is 51.1 Å². The minimum Gasteiger partial charge on any atom is -0.459 e. The number of ketones is 1. The largest absolute Gasteiger partial charge is 0.459 e. The summed E-state index contributed by atoms with van der Waals surface area (Å²) in [5.41, 5.74) is 2.00. The quantitative estimate of drug-likeness (QED) is 0.179. The third kappa shape index (κ3) is 7.71. The summed E-state index contributed by atoms with van der Waals surface area (Å²) in [5, 5.41) is 7.38. The Kier molecular flexibility index (Phi) is 10.3. The zero-order chi connectivity index (χ0) is 37.7. The molecule has 5 amide bonds. The minimum absolute atomic E-state index is 0.0751. The summed E-state index contributed by atoms with van der Waals surface area (Å²) in [5.74, 6) is -4.85. The van der Waals surface area contributed by atoms with Gasteiger partial charge in [-0.1, -0.05) is 84.2 Å². The lowest BCUT2D eigenvalue weighted by Gasteiger charge is -2.38. The first kappa shape index (κ1) is 38.1. The van der Waals surface area contributed by atoms with E-state index < -0.39 is 89.5 Å². The van der Waals surface area contributed by atoms with Crippen molar-refractivity contribution in [3.8, 4) is 0 Å². The fourth-order valence-corrected chi connectivity index (χ4v) is 7.76. The molecule has 5 rings (SSSR count). The van der Waals surface area contributed by atoms with Crippen molar-refractivity contribution in [2.45, 2.75) is 110 Å². The summed E-state index contributed by atoms with van der Waals surface area (Å²) in [6.45, 7) is 8.72. The number of alkyl halides is 3. The second-order valence-electron chi connectivity index (χ2n) is 16.3. The van der Waals surface area contributed by atoms with Gasteiger partial charge < -0.3 is 31.3 Å². The number of amides is 5. The van der Waals surface area contributed by atoms with Gasteiger partial charge in [0.05, 0.1) is 11.5 Å². The number of carbonyl (C=O) groups is 6. The van der Waals surface area contributed by atoms with Gasteiger partial charge in [-0.05, 0) is 53.4 Å². The topological polar surface area (TPSA) is 177 Å². The predicted molar refractivity (Wildman–Crippen MR) is 177 cm³/mol. The van der Waals surface area contributed by atoms with Gasteiger partial charge in [0.2, 0.25) is 17.6 Å². The molecule has 5 N–H and O–H groups in total. The third-order valence-electron chi connectivity index (χ3n) is 11.5. The molecule has 3 aliphatic carbocycles. The van der Waals surface area contributed by atoms with Crippen molar-refractivity contribution in [3.63, 3.8) is 0 Å². The van der Waals surface area contributed by atoms with Crippen molar-refractivity contribution in [3.05, 3.63) is 35.9 Å². The summed E-state index contributed by atoms with van der Waals surface area (Å²) in [6, 6.07) is 1.58. The number of nitrogens with one attached hydrogen (secondary N) is 3. The lowest BCUT2D eigenvalue weighted by Crippen LogP contribution is -2.63. The van der Waals surface area contributed by atoms with Crippen LogP contribution in [0.3, 0.4) is 0 Å². The predicted octanol–water partition coefficient (Wildman–Crippen LogP) is 3.37. The molecule has 1 aliphatic heterocycles. The number of fused-ring (bicyclic) bond motifs is 1. The molecule has 0 aromatic heterocycles. The molecule has 280 valence electrons. The number of hydrogen-bond acceptors (Lipinski definition) is 7. The van der Waals surface area contributed by atoms with Gasteiger partial charge in [0.15, 0.2) is 0 Å². The van der Waals surface area contributed by atoms with Crippen molar-refractivity contribution < 1.29 is 46.7 Å². The summed E-state index contributed by atoms with van der Waals surface area (Å²) in [7, 11) is 0. The fourth-order valence-electron chi connectivity index (χ4n) is 7.76. The molecule has 51 heavy (non-hydrogen) atoms. The maximum absolute atomic E-state index is 14.3. The van der Waals surface area contributed by atoms with Gasteiger partial charge in [0.25, 0.3) is 5.91 Å². The van der Waals surface area contributed by atoms with Crippen LogP contribution in [0.4, 0.5) is 18.0 Å². The molecule has 15 heteroatoms. The number of primary amides is 1. The summed E-state index contributed by atoms with van der Waals surface area (Å²) in [6.07, 6.45) is -2.71. The van der Waals surface area contributed by atoms with Crippen LogP contribution in [0.2, 0.25) is 0 Å². The van der Waals surface area contributed by atoms with Gasteiger partial charge in [0.1, 0.15) is 24.7 Å². The normalized spacial score (nSPS) is 24.9. The summed E-state index contributed by atoms with van der Waals surface area (Å²) in [4.78, 5) is 80.8. The Morgan fingerprint density at radius 3 is 2.12 bits per heavy atom. The number of nitrogens with two attached hydrogens (primary N) is 1. The Labute approximate surface area is 295 Å². The van der Waals surface area contributed by atoms with E-state index in [-0.39, 0.29) is 42.7 Å². The molecule has 0 bridgehead atoms. The van der Waals surface area contributed by atoms with E-state index in [2.05, 4.69) is 16.0 Å². The van der Waals surface area contributed by atoms with Gasteiger partial charge in [-0.15, -0.1) is 0 Å². The SMILES string of the molecule is CC(C)(C)[C@H](NC(=O)N[C@H](C(=O)OCc1ccccc1)C1(C(F)(F)F)CC1)C(=O)N1C[C@H]2[C@@H]([C@H]1C(=O)NC(CC1CCC1)C(=O)C(N)=O)C2(C)C. The second kappa shape index (κ2) is 13.8. The second-order valence-corrected chi connectivity index (χ2v) is 16.3. The van der Waals surface area contributed by atoms with Crippen LogP contribution in [0.1, 0.15) is 78.7 Å². The molecule has 4 fully saturated rings. The highest BCUT2D eigenvalue weighted by Gasteiger charge is 2.71. The number of likely N-dealkylation sites (tertiary alicyclic amines) is 1. The maximum atomic E-state index is 14.3. The Balaban J connectivity index is 1.34. The number of hydrogen-bond donors (Lipinski definition) is 4. The van der Waals surface area contributed by atoms with E-state index in [0.29, 0.717) is 5.56 Å². The Bertz CT molecular complexity index is 1550. The Morgan fingerprint density at radius 2 is 1.61 bits per heavy atom. The van der Waals surface area contributed by atoms with Crippen LogP contribution >= 0.6 is 0 Å². The van der Waals surface area contributed by atoms with Crippen molar-refractivity contribution in [1.29, 1.82) is 0 Å². The van der Waals surface area contributed by atoms with Crippen LogP contribution in [0.5, 0.6) is 0 Å². The molecule has 1 unspecified atom stereocenters. The first-order valence-electron chi connectivity index (χ1n) is 17.5. The number of esters is 1. The monoisotopic (exact) mass is 719 g/mol. The number of urea groups is 1. The molecular weight excluding hydrogens is 671 g/mol. The Morgan fingerprint density at radius 1 is 0.980 bits per heavy atom. The van der Waals surface area contributed by atoms with E-state index in [9.17, 15) is 41.9 Å². The van der Waals surface area contributed by atoms with Gasteiger partial charge in [0, 0.05) is 6.54 Å². The third-order valence-corrected chi connectivity index (χ3v) is 11.5. The fraction of sp³-hybridized carbons (Fsp3) is 0.667. The van der Waals surface area contributed by atoms with Crippen LogP contribution in [0.25, 0.3) is 0 Å². The first-order chi connectivity index (χ1) is 23.7. The van der Waals surface area contributed by atoms with E-state index in [4.69, 9.17) is 10.5 Å². The van der Waals surface area contributed by atoms with Crippen LogP contribution in [0.15, 0.2) is 30.3 Å². The first-order valence-corrected chi connectivity index (χ1v) is 17.5. The Hall–Kier alpha value is -4.17. The highest BCUT2D eigenvalue weighted by Crippen LogP contribution is 2.65. The number of ether oxygens (including phenoxy) is 1. The van der Waals surface area contributed by atoms with Crippen molar-refractivity contribution in [1.82, 2.24) is 20.9 Å². The highest BCUT2D eigenvalue weighted by atomic mass is 19.4. The van der Waals surface area contributed by atoms with Crippen molar-refractivity contribution in [2.24, 2.45) is 39.7 Å². The number of Topliss-reactive ketones (excluding diaryl/α,β-unsaturated/α-hetero) is 1. The number of halogens is 3. The molecule has 6 atom stereocenters. The average Bonchev–Trinajstić information content (AvgIpc) is 3.87. The van der Waals surface area contributed by atoms with Gasteiger partial charge in [-0.3, -0.25) is 19.2 Å². The number of nitrogens with zero attached hydrogens (tertiary/aromatic N) is 1. The molecule has 1 saturated heterocycles. The van der Waals surface area contributed by atoms with Crippen LogP contribution < -0.4 is 21.7 Å². The molecule has 0 spiro atoms. The lowest BCUT2D eigenvalue weighted by atomic mass is 9.80. The van der Waals surface area contributed by atoms with Gasteiger partial charge in [-0.25, -0.2) is 9.59 Å². The molecule has 0 radical (unpaired) electrons. The standard InChI is InChI=1S/C36H48F3N5O7/c1-33(2,3)26(42-32(50)43-27(35(14-15-35)36(37,38)39)31(49)51-18-20-10-7-6-8-11-20)30(48)44-17-21-23(34(21,4)5)24(44)29(47)41-22(25(45)28(40)46)16-19-12-9-13-19/h6-8,10-11,19,21-24,26-27H,9,12-18H2,1-5H3,(H2,40,46)(H,41,47)(H2,42,43,50)/t21-,22?,23-,24-,26+,27+/m0/s1. The van der Waals surface area contributed by atoms with E-state index in [1.165, 1.54) is 4.90 Å².